The van der Waals surface area contributed by atoms with Gasteiger partial charge in [-0.15, -0.1) is 0 Å². The van der Waals surface area contributed by atoms with E-state index in [0.29, 0.717) is 26.3 Å². The molecule has 12 heteroatoms. The second kappa shape index (κ2) is 10.7. The van der Waals surface area contributed by atoms with Gasteiger partial charge >= 0.3 is 12.1 Å². The van der Waals surface area contributed by atoms with Crippen LogP contribution in [-0.2, 0) is 30.9 Å². The van der Waals surface area contributed by atoms with Crippen molar-refractivity contribution in [1.29, 1.82) is 0 Å². The van der Waals surface area contributed by atoms with Crippen molar-refractivity contribution in [2.75, 3.05) is 32.1 Å². The van der Waals surface area contributed by atoms with E-state index in [1.807, 2.05) is 18.2 Å². The van der Waals surface area contributed by atoms with Crippen molar-refractivity contribution in [3.8, 4) is 0 Å². The molecule has 2 saturated heterocycles. The fourth-order valence-corrected chi connectivity index (χ4v) is 4.93. The summed E-state index contributed by atoms with van der Waals surface area (Å²) in [7, 11) is -3.18. The van der Waals surface area contributed by atoms with Crippen molar-refractivity contribution in [2.24, 2.45) is 5.41 Å². The van der Waals surface area contributed by atoms with Gasteiger partial charge in [-0.05, 0) is 38.3 Å². The number of pyridine rings is 1. The molecule has 0 amide bonds. The Hall–Kier alpha value is -1.76. The van der Waals surface area contributed by atoms with Gasteiger partial charge in [0, 0.05) is 31.3 Å². The molecule has 2 aliphatic rings. The van der Waals surface area contributed by atoms with E-state index in [9.17, 15) is 21.6 Å². The number of hydrogen-bond acceptors (Lipinski definition) is 6. The van der Waals surface area contributed by atoms with E-state index in [4.69, 9.17) is 19.4 Å². The Labute approximate surface area is 179 Å². The number of sulfonamides is 1. The van der Waals surface area contributed by atoms with E-state index in [1.54, 1.807) is 17.4 Å². The molecule has 2 aliphatic heterocycles. The van der Waals surface area contributed by atoms with Crippen LogP contribution in [0.2, 0.25) is 0 Å². The zero-order valence-corrected chi connectivity index (χ0v) is 18.0. The normalized spacial score (nSPS) is 24.6. The Balaban J connectivity index is 0.000000423. The number of fused-ring (bicyclic) bond motifs is 1. The number of halogens is 3. The Kier molecular flexibility index (Phi) is 8.81. The third-order valence-corrected chi connectivity index (χ3v) is 7.15. The highest BCUT2D eigenvalue weighted by Gasteiger charge is 2.48. The van der Waals surface area contributed by atoms with Gasteiger partial charge in [-0.3, -0.25) is 4.98 Å². The number of carbonyl (C=O) groups is 1. The molecule has 2 fully saturated rings. The maximum Gasteiger partial charge on any atom is 0.490 e. The van der Waals surface area contributed by atoms with Crippen molar-refractivity contribution < 1.29 is 41.0 Å². The van der Waals surface area contributed by atoms with E-state index in [0.717, 1.165) is 31.6 Å². The smallest absolute Gasteiger partial charge is 0.475 e. The number of hydrogen-bond donors (Lipinski definition) is 1. The lowest BCUT2D eigenvalue weighted by Gasteiger charge is -2.49. The van der Waals surface area contributed by atoms with Gasteiger partial charge in [0.25, 0.3) is 0 Å². The minimum absolute atomic E-state index is 0.0817. The highest BCUT2D eigenvalue weighted by molar-refractivity contribution is 7.89. The highest BCUT2D eigenvalue weighted by Crippen LogP contribution is 2.41. The molecule has 0 bridgehead atoms. The minimum Gasteiger partial charge on any atom is -0.475 e. The van der Waals surface area contributed by atoms with Gasteiger partial charge in [-0.25, -0.2) is 17.5 Å². The number of aromatic nitrogens is 1. The topological polar surface area (TPSA) is 106 Å². The van der Waals surface area contributed by atoms with Gasteiger partial charge in [0.05, 0.1) is 30.8 Å². The average Bonchev–Trinajstić information content (AvgIpc) is 2.73. The van der Waals surface area contributed by atoms with Gasteiger partial charge in [0.1, 0.15) is 0 Å². The van der Waals surface area contributed by atoms with Crippen molar-refractivity contribution in [3.05, 3.63) is 30.1 Å². The van der Waals surface area contributed by atoms with Gasteiger partial charge < -0.3 is 14.6 Å². The molecule has 0 aliphatic carbocycles. The molecule has 0 saturated carbocycles. The first kappa shape index (κ1) is 25.5. The second-order valence-electron chi connectivity index (χ2n) is 7.46. The molecule has 31 heavy (non-hydrogen) atoms. The molecule has 0 spiro atoms. The summed E-state index contributed by atoms with van der Waals surface area (Å²) in [5.41, 5.74) is 0.643. The summed E-state index contributed by atoms with van der Waals surface area (Å²) in [4.78, 5) is 13.2. The fourth-order valence-electron chi connectivity index (χ4n) is 3.72. The van der Waals surface area contributed by atoms with E-state index in [-0.39, 0.29) is 17.3 Å². The molecule has 1 N–H and O–H groups in total. The van der Waals surface area contributed by atoms with Gasteiger partial charge in [-0.2, -0.15) is 13.2 Å². The number of piperidine rings is 1. The van der Waals surface area contributed by atoms with Gasteiger partial charge in [0.2, 0.25) is 10.0 Å². The number of rotatable bonds is 6. The SMILES string of the molecule is CCS(=O)(=O)N1CCC2OCCCC2(COCc2ccccn2)C1.O=C(O)C(F)(F)F. The number of alkyl halides is 3. The molecule has 0 aromatic carbocycles. The van der Waals surface area contributed by atoms with Gasteiger partial charge in [0.15, 0.2) is 0 Å². The summed E-state index contributed by atoms with van der Waals surface area (Å²) in [6, 6.07) is 5.75. The molecular weight excluding hydrogens is 441 g/mol. The molecule has 1 aromatic heterocycles. The van der Waals surface area contributed by atoms with E-state index >= 15 is 0 Å². The Bertz CT molecular complexity index is 822. The highest BCUT2D eigenvalue weighted by atomic mass is 32.2. The first-order valence-electron chi connectivity index (χ1n) is 9.87. The molecular formula is C19H27F3N2O6S. The largest absolute Gasteiger partial charge is 0.490 e. The quantitative estimate of drug-likeness (QED) is 0.684. The van der Waals surface area contributed by atoms with E-state index in [2.05, 4.69) is 4.98 Å². The van der Waals surface area contributed by atoms with Gasteiger partial charge in [-0.1, -0.05) is 6.07 Å². The summed E-state index contributed by atoms with van der Waals surface area (Å²) >= 11 is 0. The molecule has 3 heterocycles. The summed E-state index contributed by atoms with van der Waals surface area (Å²) in [5, 5.41) is 7.12. The average molecular weight is 468 g/mol. The molecule has 3 rings (SSSR count). The van der Waals surface area contributed by atoms with Crippen LogP contribution in [0, 0.1) is 5.41 Å². The minimum atomic E-state index is -5.08. The lowest BCUT2D eigenvalue weighted by Crippen LogP contribution is -2.58. The zero-order valence-electron chi connectivity index (χ0n) is 17.2. The van der Waals surface area contributed by atoms with Crippen LogP contribution in [0.25, 0.3) is 0 Å². The fraction of sp³-hybridized carbons (Fsp3) is 0.684. The number of ether oxygens (including phenoxy) is 2. The Morgan fingerprint density at radius 2 is 2.13 bits per heavy atom. The van der Waals surface area contributed by atoms with Crippen LogP contribution in [0.3, 0.4) is 0 Å². The van der Waals surface area contributed by atoms with Crippen LogP contribution in [0.5, 0.6) is 0 Å². The van der Waals surface area contributed by atoms with Crippen LogP contribution < -0.4 is 0 Å². The summed E-state index contributed by atoms with van der Waals surface area (Å²) in [5.74, 6) is -2.61. The maximum absolute atomic E-state index is 12.3. The zero-order chi connectivity index (χ0) is 23.1. The number of carboxylic acids is 1. The monoisotopic (exact) mass is 468 g/mol. The molecule has 2 unspecified atom stereocenters. The molecule has 0 radical (unpaired) electrons. The van der Waals surface area contributed by atoms with Crippen LogP contribution in [0.4, 0.5) is 13.2 Å². The van der Waals surface area contributed by atoms with Crippen LogP contribution in [-0.4, -0.2) is 73.1 Å². The van der Waals surface area contributed by atoms with Crippen LogP contribution in [0.1, 0.15) is 31.9 Å². The maximum atomic E-state index is 12.3. The number of nitrogens with zero attached hydrogens (tertiary/aromatic N) is 2. The lowest BCUT2D eigenvalue weighted by molar-refractivity contribution is -0.192. The molecule has 176 valence electrons. The first-order valence-corrected chi connectivity index (χ1v) is 11.5. The second-order valence-corrected chi connectivity index (χ2v) is 9.72. The van der Waals surface area contributed by atoms with Crippen LogP contribution in [0.15, 0.2) is 24.4 Å². The summed E-state index contributed by atoms with van der Waals surface area (Å²) < 4.78 is 69.9. The predicted molar refractivity (Wildman–Crippen MR) is 105 cm³/mol. The van der Waals surface area contributed by atoms with Crippen molar-refractivity contribution in [1.82, 2.24) is 9.29 Å². The third kappa shape index (κ3) is 7.13. The Morgan fingerprint density at radius 1 is 1.42 bits per heavy atom. The number of aliphatic carboxylic acids is 1. The van der Waals surface area contributed by atoms with Crippen molar-refractivity contribution in [3.63, 3.8) is 0 Å². The lowest BCUT2D eigenvalue weighted by atomic mass is 9.73. The first-order chi connectivity index (χ1) is 14.5. The van der Waals surface area contributed by atoms with Crippen molar-refractivity contribution in [2.45, 2.75) is 45.1 Å². The summed E-state index contributed by atoms with van der Waals surface area (Å²) in [6.07, 6.45) is -0.622. The third-order valence-electron chi connectivity index (χ3n) is 5.32. The summed E-state index contributed by atoms with van der Waals surface area (Å²) in [6.45, 7) is 4.44. The molecule has 8 nitrogen and oxygen atoms in total. The van der Waals surface area contributed by atoms with E-state index in [1.165, 1.54) is 0 Å². The van der Waals surface area contributed by atoms with Crippen LogP contribution >= 0.6 is 0 Å². The number of carboxylic acid groups (broad SMARTS) is 1. The van der Waals surface area contributed by atoms with Crippen molar-refractivity contribution >= 4 is 16.0 Å². The predicted octanol–water partition coefficient (Wildman–Crippen LogP) is 2.45. The standard InChI is InChI=1S/C17H26N2O4S.C2HF3O2/c1-2-24(20,21)19-10-7-16-17(13-19,8-5-11-23-16)14-22-12-15-6-3-4-9-18-15;3-2(4,5)1(6)7/h3-4,6,9,16H,2,5,7-8,10-14H2,1H3;(H,6,7). The Morgan fingerprint density at radius 3 is 2.71 bits per heavy atom. The molecule has 1 aromatic rings. The molecule has 2 atom stereocenters. The van der Waals surface area contributed by atoms with E-state index < -0.39 is 22.2 Å².